The number of benzene rings is 1. The van der Waals surface area contributed by atoms with Gasteiger partial charge in [0.25, 0.3) is 0 Å². The Bertz CT molecular complexity index is 586. The van der Waals surface area contributed by atoms with Gasteiger partial charge in [-0.05, 0) is 19.1 Å². The second-order valence-electron chi connectivity index (χ2n) is 4.18. The van der Waals surface area contributed by atoms with Gasteiger partial charge >= 0.3 is 5.97 Å². The van der Waals surface area contributed by atoms with Gasteiger partial charge in [-0.3, -0.25) is 0 Å². The normalized spacial score (nSPS) is 18.4. The summed E-state index contributed by atoms with van der Waals surface area (Å²) in [6.07, 6.45) is 0. The molecule has 0 spiro atoms. The third kappa shape index (κ3) is 1.07. The molecule has 4 nitrogen and oxygen atoms in total. The highest BCUT2D eigenvalue weighted by atomic mass is 16.4. The van der Waals surface area contributed by atoms with Crippen molar-refractivity contribution in [3.63, 3.8) is 0 Å². The van der Waals surface area contributed by atoms with Crippen molar-refractivity contribution in [1.82, 2.24) is 4.57 Å². The van der Waals surface area contributed by atoms with E-state index in [0.29, 0.717) is 5.69 Å². The second kappa shape index (κ2) is 3.01. The molecule has 1 aromatic heterocycles. The summed E-state index contributed by atoms with van der Waals surface area (Å²) in [6, 6.07) is 7.78. The van der Waals surface area contributed by atoms with Gasteiger partial charge in [0.15, 0.2) is 0 Å². The number of carboxylic acid groups (broad SMARTS) is 1. The molecule has 1 aliphatic heterocycles. The average Bonchev–Trinajstić information content (AvgIpc) is 2.65. The lowest BCUT2D eigenvalue weighted by molar-refractivity contribution is 0.0684. The third-order valence-corrected chi connectivity index (χ3v) is 3.11. The monoisotopic (exact) mass is 216 g/mol. The molecule has 3 rings (SSSR count). The molecule has 1 unspecified atom stereocenters. The molecule has 0 amide bonds. The standard InChI is InChI=1S/C12H12N2O2/c1-7-6-13-9-4-2-3-8-5-10(12(15)16)14(7)11(8)9/h2-5,7,13H,6H2,1H3,(H,15,16). The SMILES string of the molecule is CC1CNc2cccc3cc(C(=O)O)n1c23. The molecule has 0 fully saturated rings. The van der Waals surface area contributed by atoms with E-state index in [2.05, 4.69) is 5.32 Å². The summed E-state index contributed by atoms with van der Waals surface area (Å²) < 4.78 is 1.91. The van der Waals surface area contributed by atoms with Crippen LogP contribution in [-0.2, 0) is 0 Å². The highest BCUT2D eigenvalue weighted by Crippen LogP contribution is 2.33. The lowest BCUT2D eigenvalue weighted by Crippen LogP contribution is -2.24. The molecule has 0 aliphatic carbocycles. The Balaban J connectivity index is 2.44. The van der Waals surface area contributed by atoms with Crippen molar-refractivity contribution >= 4 is 22.6 Å². The molecule has 16 heavy (non-hydrogen) atoms. The van der Waals surface area contributed by atoms with E-state index in [1.807, 2.05) is 29.7 Å². The quantitative estimate of drug-likeness (QED) is 0.769. The largest absolute Gasteiger partial charge is 0.477 e. The van der Waals surface area contributed by atoms with E-state index in [0.717, 1.165) is 23.1 Å². The maximum absolute atomic E-state index is 11.2. The van der Waals surface area contributed by atoms with Crippen LogP contribution in [0.25, 0.3) is 10.9 Å². The first-order valence-electron chi connectivity index (χ1n) is 5.29. The van der Waals surface area contributed by atoms with E-state index < -0.39 is 5.97 Å². The van der Waals surface area contributed by atoms with Crippen LogP contribution >= 0.6 is 0 Å². The van der Waals surface area contributed by atoms with E-state index in [1.165, 1.54) is 0 Å². The first kappa shape index (κ1) is 9.27. The van der Waals surface area contributed by atoms with Crippen LogP contribution in [-0.4, -0.2) is 22.2 Å². The lowest BCUT2D eigenvalue weighted by Gasteiger charge is -2.25. The van der Waals surface area contributed by atoms with Crippen molar-refractivity contribution in [3.05, 3.63) is 30.0 Å². The number of nitrogens with one attached hydrogen (secondary N) is 1. The molecule has 0 radical (unpaired) electrons. The maximum Gasteiger partial charge on any atom is 0.352 e. The predicted molar refractivity (Wildman–Crippen MR) is 62.1 cm³/mol. The Hall–Kier alpha value is -1.97. The van der Waals surface area contributed by atoms with Gasteiger partial charge in [-0.1, -0.05) is 12.1 Å². The van der Waals surface area contributed by atoms with E-state index in [4.69, 9.17) is 0 Å². The number of hydrogen-bond acceptors (Lipinski definition) is 2. The maximum atomic E-state index is 11.2. The number of nitrogens with zero attached hydrogens (tertiary/aromatic N) is 1. The molecule has 1 atom stereocenters. The molecule has 2 heterocycles. The number of rotatable bonds is 1. The molecule has 4 heteroatoms. The van der Waals surface area contributed by atoms with Crippen LogP contribution in [0.1, 0.15) is 23.5 Å². The van der Waals surface area contributed by atoms with E-state index in [1.54, 1.807) is 6.07 Å². The molecular weight excluding hydrogens is 204 g/mol. The molecule has 0 bridgehead atoms. The van der Waals surface area contributed by atoms with Crippen molar-refractivity contribution in [3.8, 4) is 0 Å². The zero-order chi connectivity index (χ0) is 11.3. The smallest absolute Gasteiger partial charge is 0.352 e. The summed E-state index contributed by atoms with van der Waals surface area (Å²) in [4.78, 5) is 11.2. The van der Waals surface area contributed by atoms with E-state index in [9.17, 15) is 9.90 Å². The highest BCUT2D eigenvalue weighted by molar-refractivity contribution is 6.00. The molecular formula is C12H12N2O2. The van der Waals surface area contributed by atoms with Crippen LogP contribution in [0.3, 0.4) is 0 Å². The molecule has 0 saturated carbocycles. The van der Waals surface area contributed by atoms with Gasteiger partial charge in [0.1, 0.15) is 5.69 Å². The molecule has 2 N–H and O–H groups in total. The Morgan fingerprint density at radius 3 is 3.12 bits per heavy atom. The summed E-state index contributed by atoms with van der Waals surface area (Å²) in [6.45, 7) is 2.79. The minimum absolute atomic E-state index is 0.165. The van der Waals surface area contributed by atoms with Gasteiger partial charge in [0, 0.05) is 18.0 Å². The van der Waals surface area contributed by atoms with Gasteiger partial charge < -0.3 is 15.0 Å². The minimum Gasteiger partial charge on any atom is -0.477 e. The van der Waals surface area contributed by atoms with E-state index >= 15 is 0 Å². The summed E-state index contributed by atoms with van der Waals surface area (Å²) >= 11 is 0. The van der Waals surface area contributed by atoms with Crippen LogP contribution < -0.4 is 5.32 Å². The predicted octanol–water partition coefficient (Wildman–Crippen LogP) is 2.33. The minimum atomic E-state index is -0.865. The van der Waals surface area contributed by atoms with Gasteiger partial charge in [0.2, 0.25) is 0 Å². The molecule has 2 aromatic rings. The zero-order valence-electron chi connectivity index (χ0n) is 8.90. The van der Waals surface area contributed by atoms with Crippen molar-refractivity contribution in [1.29, 1.82) is 0 Å². The number of para-hydroxylation sites is 1. The average molecular weight is 216 g/mol. The third-order valence-electron chi connectivity index (χ3n) is 3.11. The van der Waals surface area contributed by atoms with Gasteiger partial charge in [0.05, 0.1) is 11.2 Å². The first-order chi connectivity index (χ1) is 7.68. The van der Waals surface area contributed by atoms with Crippen LogP contribution in [0.5, 0.6) is 0 Å². The summed E-state index contributed by atoms with van der Waals surface area (Å²) in [5.41, 5.74) is 2.39. The van der Waals surface area contributed by atoms with Crippen molar-refractivity contribution in [2.24, 2.45) is 0 Å². The van der Waals surface area contributed by atoms with Crippen molar-refractivity contribution in [2.45, 2.75) is 13.0 Å². The Morgan fingerprint density at radius 1 is 1.56 bits per heavy atom. The van der Waals surface area contributed by atoms with Crippen LogP contribution in [0.4, 0.5) is 5.69 Å². The number of hydrogen-bond donors (Lipinski definition) is 2. The fourth-order valence-electron chi connectivity index (χ4n) is 2.40. The van der Waals surface area contributed by atoms with E-state index in [-0.39, 0.29) is 6.04 Å². The second-order valence-corrected chi connectivity index (χ2v) is 4.18. The fraction of sp³-hybridized carbons (Fsp3) is 0.250. The summed E-state index contributed by atoms with van der Waals surface area (Å²) in [5, 5.41) is 13.5. The number of aromatic carboxylic acids is 1. The number of anilines is 1. The van der Waals surface area contributed by atoms with Gasteiger partial charge in [-0.2, -0.15) is 0 Å². The molecule has 1 aliphatic rings. The number of carbonyl (C=O) groups is 1. The van der Waals surface area contributed by atoms with Crippen molar-refractivity contribution < 1.29 is 9.90 Å². The molecule has 82 valence electrons. The van der Waals surface area contributed by atoms with Crippen LogP contribution in [0.15, 0.2) is 24.3 Å². The first-order valence-corrected chi connectivity index (χ1v) is 5.29. The fourth-order valence-corrected chi connectivity index (χ4v) is 2.40. The number of carboxylic acids is 1. The Morgan fingerprint density at radius 2 is 2.38 bits per heavy atom. The topological polar surface area (TPSA) is 54.3 Å². The summed E-state index contributed by atoms with van der Waals surface area (Å²) in [7, 11) is 0. The summed E-state index contributed by atoms with van der Waals surface area (Å²) in [5.74, 6) is -0.865. The lowest BCUT2D eigenvalue weighted by atomic mass is 10.1. The molecule has 1 aromatic carbocycles. The highest BCUT2D eigenvalue weighted by Gasteiger charge is 2.23. The zero-order valence-corrected chi connectivity index (χ0v) is 8.90. The van der Waals surface area contributed by atoms with Gasteiger partial charge in [-0.25, -0.2) is 4.79 Å². The van der Waals surface area contributed by atoms with Gasteiger partial charge in [-0.15, -0.1) is 0 Å². The molecule has 0 saturated heterocycles. The van der Waals surface area contributed by atoms with Crippen molar-refractivity contribution in [2.75, 3.05) is 11.9 Å². The van der Waals surface area contributed by atoms with Crippen LogP contribution in [0.2, 0.25) is 0 Å². The Kier molecular flexibility index (Phi) is 1.74. The Labute approximate surface area is 92.5 Å². The van der Waals surface area contributed by atoms with Crippen LogP contribution in [0, 0.1) is 0 Å². The number of aromatic nitrogens is 1.